The maximum absolute atomic E-state index is 12.2. The number of nitrogens with zero attached hydrogens (tertiary/aromatic N) is 3. The number of aromatic nitrogens is 3. The van der Waals surface area contributed by atoms with Crippen LogP contribution in [0.4, 0.5) is 5.69 Å². The monoisotopic (exact) mass is 306 g/mol. The van der Waals surface area contributed by atoms with E-state index in [1.54, 1.807) is 22.9 Å². The molecule has 1 unspecified atom stereocenters. The van der Waals surface area contributed by atoms with Gasteiger partial charge in [0.05, 0.1) is 28.8 Å². The van der Waals surface area contributed by atoms with E-state index in [1.807, 2.05) is 6.07 Å². The first-order valence-electron chi connectivity index (χ1n) is 6.50. The Morgan fingerprint density at radius 2 is 2.14 bits per heavy atom. The molecule has 1 aliphatic heterocycles. The number of hydrogen-bond acceptors (Lipinski definition) is 5. The summed E-state index contributed by atoms with van der Waals surface area (Å²) in [6.07, 6.45) is 3.31. The fourth-order valence-corrected chi connectivity index (χ4v) is 4.09. The van der Waals surface area contributed by atoms with Gasteiger partial charge in [-0.3, -0.25) is 4.79 Å². The lowest BCUT2D eigenvalue weighted by atomic mass is 10.1. The predicted molar refractivity (Wildman–Crippen MR) is 76.7 cm³/mol. The van der Waals surface area contributed by atoms with Crippen molar-refractivity contribution in [2.45, 2.75) is 6.42 Å². The predicted octanol–water partition coefficient (Wildman–Crippen LogP) is 0.640. The van der Waals surface area contributed by atoms with Gasteiger partial charge < -0.3 is 5.32 Å². The van der Waals surface area contributed by atoms with Crippen LogP contribution >= 0.6 is 0 Å². The molecule has 1 N–H and O–H groups in total. The molecule has 2 heterocycles. The molecule has 0 bridgehead atoms. The van der Waals surface area contributed by atoms with E-state index in [0.29, 0.717) is 17.8 Å². The van der Waals surface area contributed by atoms with Crippen LogP contribution in [0.2, 0.25) is 0 Å². The molecule has 1 aliphatic rings. The van der Waals surface area contributed by atoms with Gasteiger partial charge in [0.1, 0.15) is 12.7 Å². The molecular formula is C13H14N4O3S. The van der Waals surface area contributed by atoms with Gasteiger partial charge in [-0.25, -0.2) is 18.1 Å². The molecule has 1 amide bonds. The maximum atomic E-state index is 12.2. The summed E-state index contributed by atoms with van der Waals surface area (Å²) in [7, 11) is -3.07. The van der Waals surface area contributed by atoms with E-state index in [4.69, 9.17) is 0 Å². The summed E-state index contributed by atoms with van der Waals surface area (Å²) in [6, 6.07) is 7.17. The van der Waals surface area contributed by atoms with Crippen LogP contribution in [-0.4, -0.2) is 40.6 Å². The summed E-state index contributed by atoms with van der Waals surface area (Å²) in [4.78, 5) is 16.1. The van der Waals surface area contributed by atoms with Crippen molar-refractivity contribution in [2.24, 2.45) is 5.92 Å². The average molecular weight is 306 g/mol. The van der Waals surface area contributed by atoms with E-state index in [9.17, 15) is 13.2 Å². The summed E-state index contributed by atoms with van der Waals surface area (Å²) in [5.41, 5.74) is 1.27. The number of carbonyl (C=O) groups is 1. The Kier molecular flexibility index (Phi) is 3.46. The molecule has 7 nitrogen and oxygen atoms in total. The number of amides is 1. The minimum Gasteiger partial charge on any atom is -0.324 e. The summed E-state index contributed by atoms with van der Waals surface area (Å²) < 4.78 is 24.4. The topological polar surface area (TPSA) is 93.9 Å². The zero-order chi connectivity index (χ0) is 14.9. The molecular weight excluding hydrogens is 292 g/mol. The van der Waals surface area contributed by atoms with Crippen LogP contribution in [0.5, 0.6) is 0 Å². The highest BCUT2D eigenvalue weighted by molar-refractivity contribution is 7.91. The quantitative estimate of drug-likeness (QED) is 0.898. The summed E-state index contributed by atoms with van der Waals surface area (Å²) in [5, 5.41) is 6.82. The van der Waals surface area contributed by atoms with Gasteiger partial charge in [0.15, 0.2) is 9.84 Å². The number of carbonyl (C=O) groups excluding carboxylic acids is 1. The normalized spacial score (nSPS) is 20.3. The van der Waals surface area contributed by atoms with Gasteiger partial charge in [-0.05, 0) is 18.6 Å². The van der Waals surface area contributed by atoms with Crippen LogP contribution in [-0.2, 0) is 14.6 Å². The number of rotatable bonds is 3. The Morgan fingerprint density at radius 3 is 2.81 bits per heavy atom. The van der Waals surface area contributed by atoms with E-state index >= 15 is 0 Å². The van der Waals surface area contributed by atoms with Gasteiger partial charge >= 0.3 is 0 Å². The summed E-state index contributed by atoms with van der Waals surface area (Å²) >= 11 is 0. The molecule has 3 rings (SSSR count). The molecule has 2 aromatic rings. The third kappa shape index (κ3) is 2.94. The number of nitrogens with one attached hydrogen (secondary N) is 1. The molecule has 1 aromatic carbocycles. The highest BCUT2D eigenvalue weighted by Crippen LogP contribution is 2.23. The minimum absolute atomic E-state index is 0.0790. The molecule has 1 atom stereocenters. The molecule has 1 saturated heterocycles. The van der Waals surface area contributed by atoms with Crippen molar-refractivity contribution in [3.8, 4) is 5.69 Å². The first-order chi connectivity index (χ1) is 10.1. The average Bonchev–Trinajstić information content (AvgIpc) is 3.08. The second kappa shape index (κ2) is 5.28. The maximum Gasteiger partial charge on any atom is 0.228 e. The molecule has 110 valence electrons. The van der Waals surface area contributed by atoms with Crippen LogP contribution in [0.3, 0.4) is 0 Å². The third-order valence-corrected chi connectivity index (χ3v) is 5.20. The van der Waals surface area contributed by atoms with Crippen molar-refractivity contribution in [3.05, 3.63) is 36.9 Å². The van der Waals surface area contributed by atoms with Gasteiger partial charge in [-0.1, -0.05) is 12.1 Å². The van der Waals surface area contributed by atoms with Gasteiger partial charge in [0.25, 0.3) is 0 Å². The molecule has 0 saturated carbocycles. The molecule has 21 heavy (non-hydrogen) atoms. The highest BCUT2D eigenvalue weighted by Gasteiger charge is 2.33. The Bertz CT molecular complexity index is 755. The Balaban J connectivity index is 1.81. The van der Waals surface area contributed by atoms with E-state index in [0.717, 1.165) is 0 Å². The Hall–Kier alpha value is -2.22. The number of benzene rings is 1. The first kappa shape index (κ1) is 13.7. The van der Waals surface area contributed by atoms with E-state index < -0.39 is 15.8 Å². The van der Waals surface area contributed by atoms with Crippen molar-refractivity contribution in [1.82, 2.24) is 14.8 Å². The van der Waals surface area contributed by atoms with Crippen molar-refractivity contribution in [3.63, 3.8) is 0 Å². The molecule has 0 aliphatic carbocycles. The van der Waals surface area contributed by atoms with E-state index in [2.05, 4.69) is 15.4 Å². The van der Waals surface area contributed by atoms with E-state index in [-0.39, 0.29) is 17.4 Å². The summed E-state index contributed by atoms with van der Waals surface area (Å²) in [6.45, 7) is 0. The second-order valence-electron chi connectivity index (χ2n) is 4.95. The van der Waals surface area contributed by atoms with Crippen molar-refractivity contribution in [2.75, 3.05) is 16.8 Å². The van der Waals surface area contributed by atoms with Crippen molar-refractivity contribution < 1.29 is 13.2 Å². The standard InChI is InChI=1S/C13H14N4O3S/c18-13(10-5-6-21(19,20)7-10)16-11-3-1-2-4-12(11)17-9-14-8-15-17/h1-4,8-10H,5-7H2,(H,16,18). The number of hydrogen-bond donors (Lipinski definition) is 1. The second-order valence-corrected chi connectivity index (χ2v) is 7.18. The minimum atomic E-state index is -3.07. The molecule has 0 radical (unpaired) electrons. The van der Waals surface area contributed by atoms with Crippen LogP contribution < -0.4 is 5.32 Å². The zero-order valence-electron chi connectivity index (χ0n) is 11.1. The third-order valence-electron chi connectivity index (χ3n) is 3.43. The van der Waals surface area contributed by atoms with Crippen LogP contribution in [0.25, 0.3) is 5.69 Å². The summed E-state index contributed by atoms with van der Waals surface area (Å²) in [5.74, 6) is -0.761. The molecule has 1 fully saturated rings. The largest absolute Gasteiger partial charge is 0.324 e. The Labute approximate surface area is 121 Å². The van der Waals surface area contributed by atoms with Crippen molar-refractivity contribution >= 4 is 21.4 Å². The van der Waals surface area contributed by atoms with Gasteiger partial charge in [0, 0.05) is 0 Å². The van der Waals surface area contributed by atoms with Gasteiger partial charge in [-0.15, -0.1) is 0 Å². The molecule has 1 aromatic heterocycles. The fourth-order valence-electron chi connectivity index (χ4n) is 2.35. The lowest BCUT2D eigenvalue weighted by molar-refractivity contribution is -0.119. The fraction of sp³-hybridized carbons (Fsp3) is 0.308. The molecule has 8 heteroatoms. The van der Waals surface area contributed by atoms with Gasteiger partial charge in [-0.2, -0.15) is 5.10 Å². The van der Waals surface area contributed by atoms with Gasteiger partial charge in [0.2, 0.25) is 5.91 Å². The highest BCUT2D eigenvalue weighted by atomic mass is 32.2. The smallest absolute Gasteiger partial charge is 0.228 e. The lowest BCUT2D eigenvalue weighted by Gasteiger charge is -2.13. The number of sulfone groups is 1. The lowest BCUT2D eigenvalue weighted by Crippen LogP contribution is -2.24. The van der Waals surface area contributed by atoms with E-state index in [1.165, 1.54) is 12.7 Å². The first-order valence-corrected chi connectivity index (χ1v) is 8.33. The van der Waals surface area contributed by atoms with Crippen molar-refractivity contribution in [1.29, 1.82) is 0 Å². The Morgan fingerprint density at radius 1 is 1.33 bits per heavy atom. The van der Waals surface area contributed by atoms with Crippen LogP contribution in [0.1, 0.15) is 6.42 Å². The van der Waals surface area contributed by atoms with Crippen LogP contribution in [0, 0.1) is 5.92 Å². The number of anilines is 1. The SMILES string of the molecule is O=C(Nc1ccccc1-n1cncn1)C1CCS(=O)(=O)C1. The number of para-hydroxylation sites is 2. The molecule has 0 spiro atoms. The van der Waals surface area contributed by atoms with Crippen LogP contribution in [0.15, 0.2) is 36.9 Å². The zero-order valence-corrected chi connectivity index (χ0v) is 12.0.